The number of hydrogen-bond donors (Lipinski definition) is 0. The molecule has 10 nitrogen and oxygen atoms in total. The first-order chi connectivity index (χ1) is 13.6. The van der Waals surface area contributed by atoms with E-state index in [-0.39, 0.29) is 32.6 Å². The Labute approximate surface area is 156 Å². The van der Waals surface area contributed by atoms with Crippen LogP contribution in [0, 0.1) is 33.1 Å². The average Bonchev–Trinajstić information content (AvgIpc) is 3.30. The summed E-state index contributed by atoms with van der Waals surface area (Å²) in [6, 6.07) is 17.6. The quantitative estimate of drug-likeness (QED) is 0.492. The predicted molar refractivity (Wildman–Crippen MR) is 90.2 cm³/mol. The highest BCUT2D eigenvalue weighted by molar-refractivity contribution is 5.72. The van der Waals surface area contributed by atoms with Crippen molar-refractivity contribution in [3.05, 3.63) is 70.3 Å². The fraction of sp³-hybridized carbons (Fsp3) is 0. The van der Waals surface area contributed by atoms with Gasteiger partial charge in [0, 0.05) is 21.4 Å². The Morgan fingerprint density at radius 2 is 0.964 bits per heavy atom. The summed E-state index contributed by atoms with van der Waals surface area (Å²) in [6.07, 6.45) is 0. The fourth-order valence-electron chi connectivity index (χ4n) is 2.70. The van der Waals surface area contributed by atoms with Gasteiger partial charge in [-0.2, -0.15) is 10.5 Å². The maximum Gasteiger partial charge on any atom is 0.302 e. The molecule has 0 fully saturated rings. The third-order valence-corrected chi connectivity index (χ3v) is 4.09. The zero-order valence-corrected chi connectivity index (χ0v) is 13.9. The molecular formula is C18H8N6O4. The minimum atomic E-state index is -0.214. The van der Waals surface area contributed by atoms with Crippen LogP contribution in [0.15, 0.2) is 57.8 Å². The van der Waals surface area contributed by atoms with Gasteiger partial charge in [-0.25, -0.2) is 0 Å². The van der Waals surface area contributed by atoms with Crippen molar-refractivity contribution in [3.63, 3.8) is 0 Å². The van der Waals surface area contributed by atoms with Crippen LogP contribution in [-0.2, 0) is 0 Å². The van der Waals surface area contributed by atoms with Crippen molar-refractivity contribution in [2.75, 3.05) is 0 Å². The summed E-state index contributed by atoms with van der Waals surface area (Å²) in [5.74, 6) is 0. The monoisotopic (exact) mass is 372 g/mol. The molecule has 0 aliphatic rings. The number of nitrogens with zero attached hydrogens (tertiary/aromatic N) is 6. The van der Waals surface area contributed by atoms with Crippen LogP contribution < -0.4 is 9.81 Å². The zero-order valence-electron chi connectivity index (χ0n) is 13.9. The summed E-state index contributed by atoms with van der Waals surface area (Å²) in [7, 11) is 0. The highest BCUT2D eigenvalue weighted by Gasteiger charge is 2.21. The van der Waals surface area contributed by atoms with Crippen LogP contribution in [0.4, 0.5) is 0 Å². The van der Waals surface area contributed by atoms with Gasteiger partial charge in [0.2, 0.25) is 0 Å². The van der Waals surface area contributed by atoms with E-state index in [9.17, 15) is 10.4 Å². The van der Waals surface area contributed by atoms with E-state index < -0.39 is 0 Å². The van der Waals surface area contributed by atoms with Gasteiger partial charge >= 0.3 is 11.4 Å². The molecule has 0 aliphatic carbocycles. The Morgan fingerprint density at radius 3 is 1.29 bits per heavy atom. The first kappa shape index (κ1) is 16.8. The number of rotatable bonds is 3. The van der Waals surface area contributed by atoms with Gasteiger partial charge in [-0.05, 0) is 45.2 Å². The van der Waals surface area contributed by atoms with E-state index in [0.717, 1.165) is 11.1 Å². The topological polar surface area (TPSA) is 154 Å². The molecule has 0 saturated heterocycles. The SMILES string of the molecule is N#Cc1c(-c2ccc(-c3ccc(-c4no[n+]([O-])c4C#N)cc3)cc2)no[n+]1[O-]. The van der Waals surface area contributed by atoms with E-state index in [1.165, 1.54) is 0 Å². The first-order valence-electron chi connectivity index (χ1n) is 7.83. The molecule has 0 aliphatic heterocycles. The highest BCUT2D eigenvalue weighted by Crippen LogP contribution is 2.27. The Hall–Kier alpha value is -4.70. The van der Waals surface area contributed by atoms with Crippen LogP contribution in [0.2, 0.25) is 0 Å². The molecule has 0 atom stereocenters. The van der Waals surface area contributed by atoms with Crippen molar-refractivity contribution in [2.45, 2.75) is 0 Å². The van der Waals surface area contributed by atoms with Gasteiger partial charge in [-0.15, -0.1) is 0 Å². The second-order valence-corrected chi connectivity index (χ2v) is 5.63. The molecule has 10 heteroatoms. The molecule has 0 N–H and O–H groups in total. The van der Waals surface area contributed by atoms with Crippen molar-refractivity contribution in [2.24, 2.45) is 0 Å². The minimum Gasteiger partial charge on any atom is -0.358 e. The molecule has 2 aromatic carbocycles. The van der Waals surface area contributed by atoms with E-state index in [2.05, 4.69) is 19.6 Å². The molecule has 4 aromatic rings. The van der Waals surface area contributed by atoms with Crippen LogP contribution in [-0.4, -0.2) is 10.3 Å². The van der Waals surface area contributed by atoms with Gasteiger partial charge in [0.05, 0.1) is 0 Å². The lowest BCUT2D eigenvalue weighted by atomic mass is 10.0. The Kier molecular flexibility index (Phi) is 3.92. The second kappa shape index (κ2) is 6.55. The van der Waals surface area contributed by atoms with Crippen molar-refractivity contribution < 1.29 is 19.1 Å². The van der Waals surface area contributed by atoms with Crippen LogP contribution in [0.3, 0.4) is 0 Å². The third-order valence-electron chi connectivity index (χ3n) is 4.09. The van der Waals surface area contributed by atoms with Crippen LogP contribution in [0.5, 0.6) is 0 Å². The summed E-state index contributed by atoms with van der Waals surface area (Å²) >= 11 is 0. The van der Waals surface area contributed by atoms with Crippen molar-refractivity contribution in [1.29, 1.82) is 10.5 Å². The van der Waals surface area contributed by atoms with E-state index in [4.69, 9.17) is 10.5 Å². The standard InChI is InChI=1S/C18H8N6O4/c19-9-15-17(21-27-23(15)25)13-5-1-11(2-6-13)12-3-7-14(8-4-12)18-16(10-20)24(26)28-22-18/h1-8H. The lowest BCUT2D eigenvalue weighted by molar-refractivity contribution is -0.804. The molecule has 0 saturated carbocycles. The summed E-state index contributed by atoms with van der Waals surface area (Å²) in [5, 5.41) is 47.9. The molecule has 0 unspecified atom stereocenters. The molecule has 134 valence electrons. The largest absolute Gasteiger partial charge is 0.358 e. The molecular weight excluding hydrogens is 364 g/mol. The molecule has 4 rings (SSSR count). The average molecular weight is 372 g/mol. The van der Waals surface area contributed by atoms with Gasteiger partial charge in [-0.3, -0.25) is 9.26 Å². The molecule has 0 bridgehead atoms. The van der Waals surface area contributed by atoms with E-state index >= 15 is 0 Å². The molecule has 0 radical (unpaired) electrons. The van der Waals surface area contributed by atoms with Gasteiger partial charge in [-0.1, -0.05) is 24.3 Å². The summed E-state index contributed by atoms with van der Waals surface area (Å²) < 4.78 is 8.92. The normalized spacial score (nSPS) is 10.4. The minimum absolute atomic E-state index is 0.0625. The number of aromatic nitrogens is 4. The molecule has 28 heavy (non-hydrogen) atoms. The summed E-state index contributed by atoms with van der Waals surface area (Å²) in [4.78, 5) is 0.125. The Bertz CT molecular complexity index is 1140. The van der Waals surface area contributed by atoms with Crippen LogP contribution in [0.25, 0.3) is 33.6 Å². The summed E-state index contributed by atoms with van der Waals surface area (Å²) in [5.41, 5.74) is 2.77. The fourth-order valence-corrected chi connectivity index (χ4v) is 2.70. The van der Waals surface area contributed by atoms with Crippen LogP contribution in [0.1, 0.15) is 11.4 Å². The number of hydrogen-bond acceptors (Lipinski definition) is 8. The molecule has 0 spiro atoms. The van der Waals surface area contributed by atoms with Gasteiger partial charge in [0.15, 0.2) is 12.1 Å². The van der Waals surface area contributed by atoms with E-state index in [1.807, 2.05) is 0 Å². The maximum absolute atomic E-state index is 11.3. The maximum atomic E-state index is 11.3. The lowest BCUT2D eigenvalue weighted by Gasteiger charge is -2.03. The Balaban J connectivity index is 1.63. The van der Waals surface area contributed by atoms with Crippen molar-refractivity contribution >= 4 is 0 Å². The number of nitriles is 2. The zero-order chi connectivity index (χ0) is 19.7. The van der Waals surface area contributed by atoms with Crippen LogP contribution >= 0.6 is 0 Å². The third kappa shape index (κ3) is 2.67. The predicted octanol–water partition coefficient (Wildman–Crippen LogP) is 1.67. The second-order valence-electron chi connectivity index (χ2n) is 5.63. The van der Waals surface area contributed by atoms with E-state index in [1.54, 1.807) is 60.7 Å². The summed E-state index contributed by atoms with van der Waals surface area (Å²) in [6.45, 7) is 0. The van der Waals surface area contributed by atoms with Gasteiger partial charge < -0.3 is 10.4 Å². The molecule has 2 heterocycles. The van der Waals surface area contributed by atoms with Crippen molar-refractivity contribution in [1.82, 2.24) is 10.3 Å². The molecule has 2 aromatic heterocycles. The Morgan fingerprint density at radius 1 is 0.643 bits per heavy atom. The lowest BCUT2D eigenvalue weighted by Crippen LogP contribution is -2.26. The smallest absolute Gasteiger partial charge is 0.302 e. The molecule has 0 amide bonds. The number of benzene rings is 2. The highest BCUT2D eigenvalue weighted by atomic mass is 16.8. The van der Waals surface area contributed by atoms with E-state index in [0.29, 0.717) is 11.1 Å². The first-order valence-corrected chi connectivity index (χ1v) is 7.83. The van der Waals surface area contributed by atoms with Crippen molar-refractivity contribution in [3.8, 4) is 45.8 Å². The van der Waals surface area contributed by atoms with Gasteiger partial charge in [0.25, 0.3) is 11.4 Å². The van der Waals surface area contributed by atoms with Gasteiger partial charge in [0.1, 0.15) is 0 Å².